The Morgan fingerprint density at radius 3 is 2.90 bits per heavy atom. The van der Waals surface area contributed by atoms with E-state index in [4.69, 9.17) is 4.52 Å². The number of hydrogen-bond donors (Lipinski definition) is 0. The van der Waals surface area contributed by atoms with Gasteiger partial charge in [0.2, 0.25) is 0 Å². The van der Waals surface area contributed by atoms with Crippen molar-refractivity contribution in [3.8, 4) is 11.3 Å². The topological polar surface area (TPSA) is 47.2 Å². The van der Waals surface area contributed by atoms with E-state index in [1.165, 1.54) is 5.56 Å². The van der Waals surface area contributed by atoms with E-state index in [9.17, 15) is 0 Å². The lowest BCUT2D eigenvalue weighted by Crippen LogP contribution is -2.32. The molecule has 4 rings (SSSR count). The number of benzene rings is 1. The van der Waals surface area contributed by atoms with Gasteiger partial charge in [-0.25, -0.2) is 9.55 Å². The largest absolute Gasteiger partial charge is 0.377 e. The summed E-state index contributed by atoms with van der Waals surface area (Å²) < 4.78 is 9.06. The zero-order valence-corrected chi connectivity index (χ0v) is 11.2. The third-order valence-corrected chi connectivity index (χ3v) is 3.55. The van der Waals surface area contributed by atoms with Crippen molar-refractivity contribution in [1.29, 1.82) is 0 Å². The highest BCUT2D eigenvalue weighted by Crippen LogP contribution is 2.26. The van der Waals surface area contributed by atoms with Gasteiger partial charge in [-0.15, -0.1) is 4.57 Å². The molecular formula is C15H13N4O+. The first-order valence-corrected chi connectivity index (χ1v) is 6.42. The standard InChI is InChI=1S/C15H13N4O/c1-10-5-3-4-6-11(10)14-13-15(16-9-18(14)2)19-12(17-13)7-8-20-19/h3-9H,1-2H3/q+1. The van der Waals surface area contributed by atoms with Gasteiger partial charge in [-0.3, -0.25) is 0 Å². The van der Waals surface area contributed by atoms with Crippen LogP contribution in [0, 0.1) is 6.92 Å². The molecule has 0 atom stereocenters. The Morgan fingerprint density at radius 2 is 2.05 bits per heavy atom. The molecule has 0 bridgehead atoms. The van der Waals surface area contributed by atoms with Gasteiger partial charge in [0.1, 0.15) is 6.26 Å². The average molecular weight is 265 g/mol. The van der Waals surface area contributed by atoms with Crippen LogP contribution in [0.3, 0.4) is 0 Å². The fourth-order valence-electron chi connectivity index (χ4n) is 2.57. The number of aromatic nitrogens is 4. The highest BCUT2D eigenvalue weighted by atomic mass is 16.5. The molecule has 5 nitrogen and oxygen atoms in total. The van der Waals surface area contributed by atoms with Gasteiger partial charge in [0, 0.05) is 11.6 Å². The summed E-state index contributed by atoms with van der Waals surface area (Å²) in [7, 11) is 1.98. The van der Waals surface area contributed by atoms with E-state index in [0.29, 0.717) is 0 Å². The molecule has 0 fully saturated rings. The number of rotatable bonds is 1. The summed E-state index contributed by atoms with van der Waals surface area (Å²) in [5.74, 6) is 0. The zero-order chi connectivity index (χ0) is 13.7. The van der Waals surface area contributed by atoms with Gasteiger partial charge in [0.15, 0.2) is 16.9 Å². The summed E-state index contributed by atoms with van der Waals surface area (Å²) in [4.78, 5) is 9.07. The van der Waals surface area contributed by atoms with Crippen molar-refractivity contribution in [2.45, 2.75) is 6.92 Å². The van der Waals surface area contributed by atoms with Crippen LogP contribution in [0.4, 0.5) is 0 Å². The molecule has 20 heavy (non-hydrogen) atoms. The number of fused-ring (bicyclic) bond motifs is 3. The fourth-order valence-corrected chi connectivity index (χ4v) is 2.57. The van der Waals surface area contributed by atoms with E-state index in [0.717, 1.165) is 28.1 Å². The lowest BCUT2D eigenvalue weighted by Gasteiger charge is -2.05. The molecule has 0 aliphatic rings. The molecule has 4 aromatic rings. The van der Waals surface area contributed by atoms with Crippen LogP contribution < -0.4 is 4.57 Å². The van der Waals surface area contributed by atoms with Crippen LogP contribution in [-0.4, -0.2) is 14.5 Å². The summed E-state index contributed by atoms with van der Waals surface area (Å²) >= 11 is 0. The second-order valence-corrected chi connectivity index (χ2v) is 4.86. The Hall–Kier alpha value is -2.69. The van der Waals surface area contributed by atoms with Gasteiger partial charge in [-0.2, -0.15) is 0 Å². The highest BCUT2D eigenvalue weighted by molar-refractivity contribution is 5.88. The molecule has 3 aromatic heterocycles. The molecule has 3 heterocycles. The van der Waals surface area contributed by atoms with Crippen molar-refractivity contribution >= 4 is 16.8 Å². The summed E-state index contributed by atoms with van der Waals surface area (Å²) in [5, 5.41) is 0. The summed E-state index contributed by atoms with van der Waals surface area (Å²) in [5.41, 5.74) is 5.77. The molecule has 5 heteroatoms. The first kappa shape index (κ1) is 11.2. The number of aryl methyl sites for hydroxylation is 2. The Labute approximate surface area is 115 Å². The van der Waals surface area contributed by atoms with Gasteiger partial charge in [-0.05, 0) is 17.5 Å². The van der Waals surface area contributed by atoms with Crippen LogP contribution in [0.1, 0.15) is 5.56 Å². The van der Waals surface area contributed by atoms with E-state index in [-0.39, 0.29) is 0 Å². The van der Waals surface area contributed by atoms with Gasteiger partial charge in [0.05, 0.1) is 7.05 Å². The van der Waals surface area contributed by atoms with Crippen molar-refractivity contribution in [3.05, 3.63) is 48.5 Å². The van der Waals surface area contributed by atoms with Crippen LogP contribution in [0.5, 0.6) is 0 Å². The van der Waals surface area contributed by atoms with Crippen molar-refractivity contribution in [3.63, 3.8) is 0 Å². The SMILES string of the molecule is Cc1ccccc1-c1c2nc3ccon3c2nc[n+]1C. The molecule has 0 aliphatic heterocycles. The molecule has 0 saturated heterocycles. The van der Waals surface area contributed by atoms with E-state index in [2.05, 4.69) is 29.0 Å². The molecule has 0 radical (unpaired) electrons. The molecule has 0 N–H and O–H groups in total. The van der Waals surface area contributed by atoms with E-state index < -0.39 is 0 Å². The lowest BCUT2D eigenvalue weighted by molar-refractivity contribution is -0.662. The van der Waals surface area contributed by atoms with Crippen LogP contribution in [0.2, 0.25) is 0 Å². The second kappa shape index (κ2) is 3.90. The molecule has 0 aliphatic carbocycles. The van der Waals surface area contributed by atoms with Crippen LogP contribution in [0.15, 0.2) is 47.4 Å². The molecule has 1 aromatic carbocycles. The summed E-state index contributed by atoms with van der Waals surface area (Å²) in [6, 6.07) is 10.1. The smallest absolute Gasteiger partial charge is 0.312 e. The lowest BCUT2D eigenvalue weighted by atomic mass is 10.0. The number of nitrogens with zero attached hydrogens (tertiary/aromatic N) is 4. The predicted octanol–water partition coefficient (Wildman–Crippen LogP) is 2.28. The molecule has 0 saturated carbocycles. The van der Waals surface area contributed by atoms with E-state index >= 15 is 0 Å². The minimum Gasteiger partial charge on any atom is -0.377 e. The second-order valence-electron chi connectivity index (χ2n) is 4.86. The third kappa shape index (κ3) is 1.40. The normalized spacial score (nSPS) is 11.5. The minimum atomic E-state index is 0.737. The van der Waals surface area contributed by atoms with Gasteiger partial charge in [0.25, 0.3) is 6.33 Å². The van der Waals surface area contributed by atoms with Crippen molar-refractivity contribution in [2.24, 2.45) is 7.05 Å². The maximum Gasteiger partial charge on any atom is 0.312 e. The van der Waals surface area contributed by atoms with Crippen LogP contribution >= 0.6 is 0 Å². The Balaban J connectivity index is 2.17. The van der Waals surface area contributed by atoms with Crippen LogP contribution in [-0.2, 0) is 7.05 Å². The monoisotopic (exact) mass is 265 g/mol. The van der Waals surface area contributed by atoms with E-state index in [1.54, 1.807) is 17.2 Å². The van der Waals surface area contributed by atoms with Crippen molar-refractivity contribution in [1.82, 2.24) is 14.5 Å². The van der Waals surface area contributed by atoms with Gasteiger partial charge >= 0.3 is 5.65 Å². The van der Waals surface area contributed by atoms with E-state index in [1.807, 2.05) is 29.8 Å². The molecule has 0 spiro atoms. The Bertz CT molecular complexity index is 936. The first-order valence-electron chi connectivity index (χ1n) is 6.42. The van der Waals surface area contributed by atoms with Crippen LogP contribution in [0.25, 0.3) is 28.1 Å². The quantitative estimate of drug-likeness (QED) is 0.496. The average Bonchev–Trinajstić information content (AvgIpc) is 3.00. The molecule has 0 unspecified atom stereocenters. The van der Waals surface area contributed by atoms with Crippen molar-refractivity contribution in [2.75, 3.05) is 0 Å². The predicted molar refractivity (Wildman–Crippen MR) is 74.1 cm³/mol. The Kier molecular flexibility index (Phi) is 2.18. The molecule has 98 valence electrons. The highest BCUT2D eigenvalue weighted by Gasteiger charge is 2.22. The number of hydrogen-bond acceptors (Lipinski definition) is 3. The third-order valence-electron chi connectivity index (χ3n) is 3.55. The summed E-state index contributed by atoms with van der Waals surface area (Å²) in [6.07, 6.45) is 3.41. The zero-order valence-electron chi connectivity index (χ0n) is 11.2. The molecule has 0 amide bonds. The maximum atomic E-state index is 5.41. The maximum absolute atomic E-state index is 5.41. The van der Waals surface area contributed by atoms with Gasteiger partial charge in [-0.1, -0.05) is 24.3 Å². The molecular weight excluding hydrogens is 252 g/mol. The van der Waals surface area contributed by atoms with Gasteiger partial charge < -0.3 is 4.52 Å². The number of imidazole rings is 1. The fraction of sp³-hybridized carbons (Fsp3) is 0.133. The minimum absolute atomic E-state index is 0.737. The first-order chi connectivity index (χ1) is 9.75. The van der Waals surface area contributed by atoms with Crippen molar-refractivity contribution < 1.29 is 9.09 Å². The Morgan fingerprint density at radius 1 is 1.20 bits per heavy atom. The summed E-state index contributed by atoms with van der Waals surface area (Å²) in [6.45, 7) is 2.10.